The van der Waals surface area contributed by atoms with Crippen LogP contribution in [0, 0.1) is 0 Å². The number of nitrogens with one attached hydrogen (secondary N) is 1. The molecular formula is C19H18N2O3S. The van der Waals surface area contributed by atoms with Crippen LogP contribution in [0.25, 0.3) is 0 Å². The van der Waals surface area contributed by atoms with Gasteiger partial charge < -0.3 is 4.74 Å². The summed E-state index contributed by atoms with van der Waals surface area (Å²) in [5.41, 5.74) is 1.37. The third-order valence-corrected chi connectivity index (χ3v) is 4.93. The summed E-state index contributed by atoms with van der Waals surface area (Å²) in [4.78, 5) is 2.84. The Bertz CT molecular complexity index is 912. The van der Waals surface area contributed by atoms with Crippen LogP contribution in [0.15, 0.2) is 89.8 Å². The number of rotatable bonds is 6. The quantitative estimate of drug-likeness (QED) is 0.685. The molecule has 0 saturated heterocycles. The fraction of sp³-hybridized carbons (Fsp3) is 0.0526. The number of ether oxygens (including phenoxy) is 1. The number of anilines is 2. The summed E-state index contributed by atoms with van der Waals surface area (Å²) in [6.07, 6.45) is 0. The largest absolute Gasteiger partial charge is 0.497 e. The standard InChI is InChI=1S/C19H18N2O3S/c1-24-18-14-12-17(13-15-18)21(16-8-4-2-5-9-16)20-25(22,23)19-10-6-3-7-11-19/h2-15,20H,1H3. The minimum absolute atomic E-state index is 0.199. The highest BCUT2D eigenvalue weighted by molar-refractivity contribution is 7.89. The van der Waals surface area contributed by atoms with Crippen molar-refractivity contribution in [2.75, 3.05) is 12.1 Å². The lowest BCUT2D eigenvalue weighted by molar-refractivity contribution is 0.415. The van der Waals surface area contributed by atoms with E-state index in [0.717, 1.165) is 0 Å². The third kappa shape index (κ3) is 3.99. The molecule has 0 saturated carbocycles. The molecule has 0 aliphatic rings. The van der Waals surface area contributed by atoms with Crippen molar-refractivity contribution in [2.24, 2.45) is 0 Å². The van der Waals surface area contributed by atoms with E-state index in [1.165, 1.54) is 5.01 Å². The van der Waals surface area contributed by atoms with Gasteiger partial charge in [0.05, 0.1) is 23.4 Å². The van der Waals surface area contributed by atoms with Crippen LogP contribution >= 0.6 is 0 Å². The van der Waals surface area contributed by atoms with Crippen molar-refractivity contribution in [2.45, 2.75) is 4.90 Å². The summed E-state index contributed by atoms with van der Waals surface area (Å²) < 4.78 is 30.6. The summed E-state index contributed by atoms with van der Waals surface area (Å²) in [7, 11) is -2.14. The molecule has 25 heavy (non-hydrogen) atoms. The first-order valence-corrected chi connectivity index (χ1v) is 9.15. The second kappa shape index (κ2) is 7.38. The molecule has 3 aromatic carbocycles. The number of para-hydroxylation sites is 1. The molecule has 6 heteroatoms. The first kappa shape index (κ1) is 17.0. The Morgan fingerprint density at radius 1 is 0.760 bits per heavy atom. The van der Waals surface area contributed by atoms with Crippen molar-refractivity contribution < 1.29 is 13.2 Å². The van der Waals surface area contributed by atoms with Crippen LogP contribution in [-0.4, -0.2) is 15.5 Å². The van der Waals surface area contributed by atoms with E-state index in [1.807, 2.05) is 30.3 Å². The highest BCUT2D eigenvalue weighted by atomic mass is 32.2. The van der Waals surface area contributed by atoms with Crippen molar-refractivity contribution in [3.8, 4) is 5.75 Å². The van der Waals surface area contributed by atoms with E-state index < -0.39 is 10.0 Å². The number of nitrogens with zero attached hydrogens (tertiary/aromatic N) is 1. The molecule has 0 unspecified atom stereocenters. The third-order valence-electron chi connectivity index (χ3n) is 3.61. The van der Waals surface area contributed by atoms with E-state index in [-0.39, 0.29) is 4.90 Å². The predicted octanol–water partition coefficient (Wildman–Crippen LogP) is 3.73. The van der Waals surface area contributed by atoms with Gasteiger partial charge in [-0.15, -0.1) is 4.83 Å². The summed E-state index contributed by atoms with van der Waals surface area (Å²) >= 11 is 0. The first-order valence-electron chi connectivity index (χ1n) is 7.67. The maximum Gasteiger partial charge on any atom is 0.257 e. The molecule has 0 fully saturated rings. The summed E-state index contributed by atoms with van der Waals surface area (Å²) in [5, 5.41) is 1.53. The molecule has 0 aliphatic carbocycles. The van der Waals surface area contributed by atoms with Crippen LogP contribution < -0.4 is 14.6 Å². The van der Waals surface area contributed by atoms with Gasteiger partial charge in [-0.1, -0.05) is 36.4 Å². The number of benzene rings is 3. The van der Waals surface area contributed by atoms with Crippen molar-refractivity contribution in [1.29, 1.82) is 0 Å². The lowest BCUT2D eigenvalue weighted by Crippen LogP contribution is -2.38. The topological polar surface area (TPSA) is 58.6 Å². The Kier molecular flexibility index (Phi) is 5.02. The summed E-state index contributed by atoms with van der Waals surface area (Å²) in [5.74, 6) is 0.697. The average molecular weight is 354 g/mol. The Morgan fingerprint density at radius 3 is 1.84 bits per heavy atom. The van der Waals surface area contributed by atoms with Crippen LogP contribution in [0.1, 0.15) is 0 Å². The van der Waals surface area contributed by atoms with E-state index >= 15 is 0 Å². The maximum absolute atomic E-state index is 12.7. The molecule has 128 valence electrons. The number of sulfonamides is 1. The Labute approximate surface area is 147 Å². The Hall–Kier alpha value is -2.83. The predicted molar refractivity (Wildman–Crippen MR) is 98.3 cm³/mol. The summed E-state index contributed by atoms with van der Waals surface area (Å²) in [6.45, 7) is 0. The van der Waals surface area contributed by atoms with Gasteiger partial charge in [0.2, 0.25) is 0 Å². The smallest absolute Gasteiger partial charge is 0.257 e. The van der Waals surface area contributed by atoms with Crippen molar-refractivity contribution in [1.82, 2.24) is 4.83 Å². The van der Waals surface area contributed by atoms with Crippen LogP contribution in [0.3, 0.4) is 0 Å². The van der Waals surface area contributed by atoms with Gasteiger partial charge in [-0.2, -0.15) is 0 Å². The van der Waals surface area contributed by atoms with Gasteiger partial charge in [0.15, 0.2) is 0 Å². The van der Waals surface area contributed by atoms with Gasteiger partial charge in [-0.05, 0) is 48.5 Å². The van der Waals surface area contributed by atoms with Gasteiger partial charge in [0.25, 0.3) is 10.0 Å². The number of hydrogen-bond acceptors (Lipinski definition) is 4. The van der Waals surface area contributed by atoms with E-state index in [0.29, 0.717) is 17.1 Å². The molecule has 0 bridgehead atoms. The average Bonchev–Trinajstić information content (AvgIpc) is 2.68. The lowest BCUT2D eigenvalue weighted by atomic mass is 10.2. The minimum Gasteiger partial charge on any atom is -0.497 e. The molecule has 0 amide bonds. The van der Waals surface area contributed by atoms with Gasteiger partial charge in [0.1, 0.15) is 5.75 Å². The van der Waals surface area contributed by atoms with Crippen LogP contribution in [0.5, 0.6) is 5.75 Å². The van der Waals surface area contributed by atoms with E-state index in [9.17, 15) is 8.42 Å². The highest BCUT2D eigenvalue weighted by Crippen LogP contribution is 2.26. The van der Waals surface area contributed by atoms with Gasteiger partial charge in [-0.25, -0.2) is 8.42 Å². The Morgan fingerprint density at radius 2 is 1.28 bits per heavy atom. The zero-order valence-electron chi connectivity index (χ0n) is 13.7. The number of hydrogen-bond donors (Lipinski definition) is 1. The van der Waals surface area contributed by atoms with E-state index in [1.54, 1.807) is 61.7 Å². The molecule has 0 aromatic heterocycles. The minimum atomic E-state index is -3.73. The molecule has 1 N–H and O–H groups in total. The fourth-order valence-electron chi connectivity index (χ4n) is 2.34. The van der Waals surface area contributed by atoms with Crippen molar-refractivity contribution >= 4 is 21.4 Å². The van der Waals surface area contributed by atoms with E-state index in [2.05, 4.69) is 4.83 Å². The van der Waals surface area contributed by atoms with Crippen LogP contribution in [0.4, 0.5) is 11.4 Å². The zero-order chi connectivity index (χ0) is 17.7. The number of methoxy groups -OCH3 is 1. The van der Waals surface area contributed by atoms with Gasteiger partial charge >= 0.3 is 0 Å². The molecular weight excluding hydrogens is 336 g/mol. The lowest BCUT2D eigenvalue weighted by Gasteiger charge is -2.25. The van der Waals surface area contributed by atoms with Gasteiger partial charge in [-0.3, -0.25) is 5.01 Å². The zero-order valence-corrected chi connectivity index (χ0v) is 14.5. The normalized spacial score (nSPS) is 11.1. The summed E-state index contributed by atoms with van der Waals surface area (Å²) in [6, 6.07) is 24.6. The molecule has 0 atom stereocenters. The molecule has 3 aromatic rings. The second-order valence-corrected chi connectivity index (χ2v) is 6.94. The molecule has 0 heterocycles. The van der Waals surface area contributed by atoms with Gasteiger partial charge in [0, 0.05) is 0 Å². The van der Waals surface area contributed by atoms with Crippen LogP contribution in [0.2, 0.25) is 0 Å². The van der Waals surface area contributed by atoms with Crippen molar-refractivity contribution in [3.05, 3.63) is 84.9 Å². The highest BCUT2D eigenvalue weighted by Gasteiger charge is 2.20. The molecule has 0 spiro atoms. The fourth-order valence-corrected chi connectivity index (χ4v) is 3.41. The molecule has 0 radical (unpaired) electrons. The molecule has 5 nitrogen and oxygen atoms in total. The molecule has 0 aliphatic heterocycles. The SMILES string of the molecule is COc1ccc(N(NS(=O)(=O)c2ccccc2)c2ccccc2)cc1. The Balaban J connectivity index is 2.00. The number of hydrazine groups is 1. The van der Waals surface area contributed by atoms with E-state index in [4.69, 9.17) is 4.74 Å². The van der Waals surface area contributed by atoms with Crippen LogP contribution in [-0.2, 0) is 10.0 Å². The monoisotopic (exact) mass is 354 g/mol. The maximum atomic E-state index is 12.7. The molecule has 3 rings (SSSR count). The second-order valence-electron chi connectivity index (χ2n) is 5.28. The van der Waals surface area contributed by atoms with Crippen molar-refractivity contribution in [3.63, 3.8) is 0 Å². The first-order chi connectivity index (χ1) is 12.1.